The Morgan fingerprint density at radius 3 is 2.75 bits per heavy atom. The average molecular weight is 223 g/mol. The van der Waals surface area contributed by atoms with Crippen LogP contribution in [0.5, 0.6) is 0 Å². The van der Waals surface area contributed by atoms with Crippen molar-refractivity contribution >= 4 is 0 Å². The molecule has 0 spiro atoms. The summed E-state index contributed by atoms with van der Waals surface area (Å²) in [6.07, 6.45) is 3.10. The van der Waals surface area contributed by atoms with Gasteiger partial charge in [-0.05, 0) is 31.9 Å². The molecule has 1 fully saturated rings. The molecule has 4 heteroatoms. The second-order valence-corrected chi connectivity index (χ2v) is 4.51. The van der Waals surface area contributed by atoms with E-state index in [1.165, 1.54) is 11.3 Å². The van der Waals surface area contributed by atoms with Crippen LogP contribution < -0.4 is 5.73 Å². The number of hydrogen-bond acceptors (Lipinski definition) is 3. The summed E-state index contributed by atoms with van der Waals surface area (Å²) >= 11 is 0. The minimum Gasteiger partial charge on any atom is -0.381 e. The topological polar surface area (TPSA) is 53.1 Å². The molecule has 2 heterocycles. The van der Waals surface area contributed by atoms with Crippen molar-refractivity contribution in [1.82, 2.24) is 9.78 Å². The lowest BCUT2D eigenvalue weighted by Crippen LogP contribution is -2.17. The molecule has 2 N–H and O–H groups in total. The lowest BCUT2D eigenvalue weighted by Gasteiger charge is -2.23. The summed E-state index contributed by atoms with van der Waals surface area (Å²) in [5, 5.41) is 4.57. The Hall–Kier alpha value is -0.870. The van der Waals surface area contributed by atoms with Crippen molar-refractivity contribution in [1.29, 1.82) is 0 Å². The second-order valence-electron chi connectivity index (χ2n) is 4.51. The Morgan fingerprint density at radius 2 is 2.12 bits per heavy atom. The van der Waals surface area contributed by atoms with Crippen LogP contribution in [-0.2, 0) is 18.2 Å². The summed E-state index contributed by atoms with van der Waals surface area (Å²) in [5.74, 6) is 0.609. The molecule has 16 heavy (non-hydrogen) atoms. The third kappa shape index (κ3) is 2.13. The molecule has 0 radical (unpaired) electrons. The van der Waals surface area contributed by atoms with E-state index in [0.717, 1.165) is 38.2 Å². The van der Waals surface area contributed by atoms with Gasteiger partial charge >= 0.3 is 0 Å². The third-order valence-electron chi connectivity index (χ3n) is 3.43. The van der Waals surface area contributed by atoms with E-state index in [2.05, 4.69) is 12.0 Å². The molecule has 2 rings (SSSR count). The van der Waals surface area contributed by atoms with Gasteiger partial charge in [0.2, 0.25) is 0 Å². The van der Waals surface area contributed by atoms with Crippen molar-refractivity contribution in [3.8, 4) is 0 Å². The first-order chi connectivity index (χ1) is 7.74. The highest BCUT2D eigenvalue weighted by molar-refractivity contribution is 5.28. The summed E-state index contributed by atoms with van der Waals surface area (Å²) < 4.78 is 7.44. The molecule has 0 aromatic carbocycles. The highest BCUT2D eigenvalue weighted by atomic mass is 16.5. The molecule has 1 saturated heterocycles. The first-order valence-corrected chi connectivity index (χ1v) is 6.04. The van der Waals surface area contributed by atoms with Gasteiger partial charge in [0, 0.05) is 38.3 Å². The Balaban J connectivity index is 2.24. The fourth-order valence-corrected chi connectivity index (χ4v) is 2.62. The number of ether oxygens (including phenoxy) is 1. The average Bonchev–Trinajstić information content (AvgIpc) is 2.56. The molecule has 0 atom stereocenters. The zero-order valence-electron chi connectivity index (χ0n) is 10.2. The van der Waals surface area contributed by atoms with Crippen molar-refractivity contribution in [3.05, 3.63) is 17.0 Å². The van der Waals surface area contributed by atoms with Crippen LogP contribution in [0, 0.1) is 6.92 Å². The van der Waals surface area contributed by atoms with Crippen molar-refractivity contribution in [3.63, 3.8) is 0 Å². The summed E-state index contributed by atoms with van der Waals surface area (Å²) in [7, 11) is 2.04. The summed E-state index contributed by atoms with van der Waals surface area (Å²) in [5.41, 5.74) is 9.47. The molecule has 1 aliphatic rings. The van der Waals surface area contributed by atoms with E-state index in [1.54, 1.807) is 0 Å². The van der Waals surface area contributed by atoms with E-state index in [4.69, 9.17) is 10.5 Å². The fourth-order valence-electron chi connectivity index (χ4n) is 2.62. The van der Waals surface area contributed by atoms with E-state index in [-0.39, 0.29) is 0 Å². The molecular formula is C12H21N3O. The Labute approximate surface area is 96.8 Å². The highest BCUT2D eigenvalue weighted by Gasteiger charge is 2.23. The normalized spacial score (nSPS) is 17.9. The van der Waals surface area contributed by atoms with Crippen molar-refractivity contribution in [2.45, 2.75) is 32.1 Å². The van der Waals surface area contributed by atoms with Crippen LogP contribution in [0.2, 0.25) is 0 Å². The van der Waals surface area contributed by atoms with E-state index < -0.39 is 0 Å². The molecular weight excluding hydrogens is 202 g/mol. The maximum atomic E-state index is 5.60. The van der Waals surface area contributed by atoms with Crippen LogP contribution in [0.15, 0.2) is 0 Å². The van der Waals surface area contributed by atoms with E-state index in [0.29, 0.717) is 12.5 Å². The molecule has 0 amide bonds. The zero-order chi connectivity index (χ0) is 11.5. The van der Waals surface area contributed by atoms with Gasteiger partial charge in [-0.1, -0.05) is 0 Å². The monoisotopic (exact) mass is 223 g/mol. The SMILES string of the molecule is Cc1c(CCN)nn(C)c1C1CCOCC1. The van der Waals surface area contributed by atoms with Gasteiger partial charge in [0.05, 0.1) is 5.69 Å². The quantitative estimate of drug-likeness (QED) is 0.835. The molecule has 0 unspecified atom stereocenters. The number of hydrogen-bond donors (Lipinski definition) is 1. The smallest absolute Gasteiger partial charge is 0.0669 e. The molecule has 1 aliphatic heterocycles. The predicted molar refractivity (Wildman–Crippen MR) is 63.5 cm³/mol. The van der Waals surface area contributed by atoms with Crippen molar-refractivity contribution in [2.75, 3.05) is 19.8 Å². The molecule has 4 nitrogen and oxygen atoms in total. The highest BCUT2D eigenvalue weighted by Crippen LogP contribution is 2.30. The lowest BCUT2D eigenvalue weighted by atomic mass is 9.93. The van der Waals surface area contributed by atoms with Crippen molar-refractivity contribution < 1.29 is 4.74 Å². The maximum absolute atomic E-state index is 5.60. The number of rotatable bonds is 3. The van der Waals surface area contributed by atoms with Crippen LogP contribution in [0.3, 0.4) is 0 Å². The number of nitrogens with zero attached hydrogens (tertiary/aromatic N) is 2. The summed E-state index contributed by atoms with van der Waals surface area (Å²) in [6, 6.07) is 0. The van der Waals surface area contributed by atoms with Crippen LogP contribution >= 0.6 is 0 Å². The lowest BCUT2D eigenvalue weighted by molar-refractivity contribution is 0.0836. The zero-order valence-corrected chi connectivity index (χ0v) is 10.2. The third-order valence-corrected chi connectivity index (χ3v) is 3.43. The molecule has 0 aliphatic carbocycles. The number of nitrogens with two attached hydrogens (primary N) is 1. The standard InChI is InChI=1S/C12H21N3O/c1-9-11(3-6-13)14-15(2)12(9)10-4-7-16-8-5-10/h10H,3-8,13H2,1-2H3. The van der Waals surface area contributed by atoms with Gasteiger partial charge in [0.25, 0.3) is 0 Å². The van der Waals surface area contributed by atoms with Crippen LogP contribution in [0.4, 0.5) is 0 Å². The van der Waals surface area contributed by atoms with Gasteiger partial charge in [0.15, 0.2) is 0 Å². The first-order valence-electron chi connectivity index (χ1n) is 6.04. The Bertz CT molecular complexity index is 353. The molecule has 0 saturated carbocycles. The van der Waals surface area contributed by atoms with E-state index >= 15 is 0 Å². The van der Waals surface area contributed by atoms with Gasteiger partial charge in [-0.25, -0.2) is 0 Å². The largest absolute Gasteiger partial charge is 0.381 e. The molecule has 1 aromatic heterocycles. The van der Waals surface area contributed by atoms with Gasteiger partial charge in [-0.15, -0.1) is 0 Å². The summed E-state index contributed by atoms with van der Waals surface area (Å²) in [4.78, 5) is 0. The van der Waals surface area contributed by atoms with Crippen LogP contribution in [0.25, 0.3) is 0 Å². The summed E-state index contributed by atoms with van der Waals surface area (Å²) in [6.45, 7) is 4.59. The molecule has 90 valence electrons. The second kappa shape index (κ2) is 4.97. The van der Waals surface area contributed by atoms with Crippen LogP contribution in [-0.4, -0.2) is 29.5 Å². The molecule has 0 bridgehead atoms. The molecule has 1 aromatic rings. The number of aromatic nitrogens is 2. The van der Waals surface area contributed by atoms with Crippen molar-refractivity contribution in [2.24, 2.45) is 12.8 Å². The Kier molecular flexibility index (Phi) is 3.61. The first kappa shape index (κ1) is 11.6. The van der Waals surface area contributed by atoms with Gasteiger partial charge < -0.3 is 10.5 Å². The van der Waals surface area contributed by atoms with Gasteiger partial charge in [0.1, 0.15) is 0 Å². The number of aryl methyl sites for hydroxylation is 1. The minimum absolute atomic E-state index is 0.609. The van der Waals surface area contributed by atoms with E-state index in [9.17, 15) is 0 Å². The van der Waals surface area contributed by atoms with Gasteiger partial charge in [-0.2, -0.15) is 5.10 Å². The van der Waals surface area contributed by atoms with Gasteiger partial charge in [-0.3, -0.25) is 4.68 Å². The van der Waals surface area contributed by atoms with Crippen LogP contribution in [0.1, 0.15) is 35.7 Å². The maximum Gasteiger partial charge on any atom is 0.0669 e. The predicted octanol–water partition coefficient (Wildman–Crippen LogP) is 1.12. The van der Waals surface area contributed by atoms with E-state index in [1.807, 2.05) is 11.7 Å². The fraction of sp³-hybridized carbons (Fsp3) is 0.750. The Morgan fingerprint density at radius 1 is 1.44 bits per heavy atom. The minimum atomic E-state index is 0.609.